The fourth-order valence-corrected chi connectivity index (χ4v) is 3.71. The molecule has 0 spiro atoms. The Morgan fingerprint density at radius 3 is 3.00 bits per heavy atom. The number of methoxy groups -OCH3 is 1. The first-order chi connectivity index (χ1) is 9.17. The quantitative estimate of drug-likeness (QED) is 0.854. The number of ether oxygens (including phenoxy) is 1. The maximum absolute atomic E-state index is 6.28. The monoisotopic (exact) mass is 363 g/mol. The van der Waals surface area contributed by atoms with Crippen LogP contribution in [0.15, 0.2) is 22.1 Å². The van der Waals surface area contributed by atoms with Gasteiger partial charge >= 0.3 is 0 Å². The van der Waals surface area contributed by atoms with E-state index in [9.17, 15) is 0 Å². The second-order valence-electron chi connectivity index (χ2n) is 3.98. The van der Waals surface area contributed by atoms with Crippen molar-refractivity contribution in [2.75, 3.05) is 20.8 Å². The summed E-state index contributed by atoms with van der Waals surface area (Å²) in [7, 11) is 3.60. The van der Waals surface area contributed by atoms with Gasteiger partial charge in [0, 0.05) is 21.8 Å². The second-order valence-corrected chi connectivity index (χ2v) is 6.25. The molecule has 0 aromatic carbocycles. The number of hydrogen-bond acceptors (Lipinski definition) is 4. The van der Waals surface area contributed by atoms with Crippen molar-refractivity contribution in [2.45, 2.75) is 12.6 Å². The Labute approximate surface area is 129 Å². The highest BCUT2D eigenvalue weighted by Crippen LogP contribution is 2.33. The summed E-state index contributed by atoms with van der Waals surface area (Å²) in [6.45, 7) is 1.29. The number of rotatable bonds is 6. The Hall–Kier alpha value is -0.400. The molecule has 2 rings (SSSR count). The Kier molecular flexibility index (Phi) is 5.41. The van der Waals surface area contributed by atoms with Crippen LogP contribution in [0.2, 0.25) is 5.02 Å². The van der Waals surface area contributed by atoms with Crippen LogP contribution in [0.1, 0.15) is 16.6 Å². The van der Waals surface area contributed by atoms with Gasteiger partial charge in [0.15, 0.2) is 0 Å². The molecule has 4 nitrogen and oxygen atoms in total. The van der Waals surface area contributed by atoms with Gasteiger partial charge in [0.05, 0.1) is 36.1 Å². The van der Waals surface area contributed by atoms with Crippen LogP contribution in [0, 0.1) is 0 Å². The van der Waals surface area contributed by atoms with Crippen LogP contribution in [0.4, 0.5) is 0 Å². The minimum Gasteiger partial charge on any atom is -0.383 e. The van der Waals surface area contributed by atoms with Crippen LogP contribution in [0.25, 0.3) is 0 Å². The predicted octanol–water partition coefficient (Wildman–Crippen LogP) is 3.32. The summed E-state index contributed by atoms with van der Waals surface area (Å²) in [4.78, 5) is 1.19. The summed E-state index contributed by atoms with van der Waals surface area (Å²) in [5, 5.41) is 10.3. The fraction of sp³-hybridized carbons (Fsp3) is 0.417. The van der Waals surface area contributed by atoms with Crippen LogP contribution in [-0.2, 0) is 11.3 Å². The van der Waals surface area contributed by atoms with Crippen LogP contribution in [0.3, 0.4) is 0 Å². The molecule has 2 aromatic rings. The first kappa shape index (κ1) is 15.0. The molecular formula is C12H15BrClN3OS. The van der Waals surface area contributed by atoms with Gasteiger partial charge in [-0.1, -0.05) is 11.6 Å². The lowest BCUT2D eigenvalue weighted by Crippen LogP contribution is -2.22. The van der Waals surface area contributed by atoms with Gasteiger partial charge < -0.3 is 10.1 Å². The predicted molar refractivity (Wildman–Crippen MR) is 82.0 cm³/mol. The van der Waals surface area contributed by atoms with Crippen molar-refractivity contribution >= 4 is 38.9 Å². The first-order valence-electron chi connectivity index (χ1n) is 5.78. The van der Waals surface area contributed by atoms with Crippen molar-refractivity contribution in [3.8, 4) is 0 Å². The summed E-state index contributed by atoms with van der Waals surface area (Å²) in [5.41, 5.74) is 0.968. The molecular weight excluding hydrogens is 350 g/mol. The maximum Gasteiger partial charge on any atom is 0.0855 e. The van der Waals surface area contributed by atoms with Gasteiger partial charge in [-0.05, 0) is 29.0 Å². The Morgan fingerprint density at radius 2 is 2.42 bits per heavy atom. The van der Waals surface area contributed by atoms with Crippen molar-refractivity contribution < 1.29 is 4.74 Å². The highest BCUT2D eigenvalue weighted by Gasteiger charge is 2.22. The molecule has 1 unspecified atom stereocenters. The lowest BCUT2D eigenvalue weighted by atomic mass is 10.1. The molecule has 0 fully saturated rings. The van der Waals surface area contributed by atoms with Crippen molar-refractivity contribution in [3.05, 3.63) is 37.7 Å². The van der Waals surface area contributed by atoms with E-state index in [1.165, 1.54) is 4.88 Å². The average molecular weight is 365 g/mol. The van der Waals surface area contributed by atoms with Crippen LogP contribution >= 0.6 is 38.9 Å². The number of nitrogens with one attached hydrogen (secondary N) is 1. The molecule has 0 aliphatic heterocycles. The highest BCUT2D eigenvalue weighted by molar-refractivity contribution is 9.10. The van der Waals surface area contributed by atoms with E-state index < -0.39 is 0 Å². The number of aromatic nitrogens is 2. The highest BCUT2D eigenvalue weighted by atomic mass is 79.9. The van der Waals surface area contributed by atoms with E-state index in [4.69, 9.17) is 16.3 Å². The molecule has 1 N–H and O–H groups in total. The number of hydrogen-bond donors (Lipinski definition) is 1. The van der Waals surface area contributed by atoms with E-state index in [0.717, 1.165) is 10.2 Å². The van der Waals surface area contributed by atoms with E-state index in [1.807, 2.05) is 11.7 Å². The number of nitrogens with zero attached hydrogens (tertiary/aromatic N) is 2. The number of halogens is 2. The van der Waals surface area contributed by atoms with Crippen molar-refractivity contribution in [2.24, 2.45) is 0 Å². The smallest absolute Gasteiger partial charge is 0.0855 e. The molecule has 19 heavy (non-hydrogen) atoms. The van der Waals surface area contributed by atoms with Crippen LogP contribution < -0.4 is 5.32 Å². The molecule has 0 saturated heterocycles. The molecule has 0 aliphatic carbocycles. The lowest BCUT2D eigenvalue weighted by molar-refractivity contribution is 0.182. The molecule has 2 aromatic heterocycles. The minimum atomic E-state index is 0.0307. The van der Waals surface area contributed by atoms with Crippen LogP contribution in [-0.4, -0.2) is 30.5 Å². The molecule has 0 saturated carbocycles. The Morgan fingerprint density at radius 1 is 1.63 bits per heavy atom. The largest absolute Gasteiger partial charge is 0.383 e. The third kappa shape index (κ3) is 3.38. The van der Waals surface area contributed by atoms with Gasteiger partial charge in [-0.2, -0.15) is 5.10 Å². The summed E-state index contributed by atoms with van der Waals surface area (Å²) in [6.07, 6.45) is 1.68. The minimum absolute atomic E-state index is 0.0307. The average Bonchev–Trinajstić information content (AvgIpc) is 2.97. The SMILES string of the molecule is CNC(c1cc(Br)cs1)c1c(Cl)cnn1CCOC. The van der Waals surface area contributed by atoms with Crippen molar-refractivity contribution in [3.63, 3.8) is 0 Å². The first-order valence-corrected chi connectivity index (χ1v) is 7.83. The summed E-state index contributed by atoms with van der Waals surface area (Å²) >= 11 is 11.4. The Bertz CT molecular complexity index is 543. The third-order valence-electron chi connectivity index (χ3n) is 2.77. The molecule has 0 radical (unpaired) electrons. The molecule has 0 amide bonds. The molecule has 0 bridgehead atoms. The van der Waals surface area contributed by atoms with Gasteiger partial charge in [0.2, 0.25) is 0 Å². The topological polar surface area (TPSA) is 39.1 Å². The molecule has 7 heteroatoms. The van der Waals surface area contributed by atoms with Gasteiger partial charge in [0.1, 0.15) is 0 Å². The normalized spacial score (nSPS) is 12.8. The Balaban J connectivity index is 2.34. The summed E-state index contributed by atoms with van der Waals surface area (Å²) in [5.74, 6) is 0. The third-order valence-corrected chi connectivity index (χ3v) is 4.82. The molecule has 104 valence electrons. The second kappa shape index (κ2) is 6.85. The van der Waals surface area contributed by atoms with Crippen molar-refractivity contribution in [1.82, 2.24) is 15.1 Å². The van der Waals surface area contributed by atoms with E-state index >= 15 is 0 Å². The van der Waals surface area contributed by atoms with E-state index in [2.05, 4.69) is 37.8 Å². The van der Waals surface area contributed by atoms with Gasteiger partial charge in [-0.3, -0.25) is 4.68 Å². The zero-order valence-electron chi connectivity index (χ0n) is 10.7. The fourth-order valence-electron chi connectivity index (χ4n) is 1.91. The van der Waals surface area contributed by atoms with E-state index in [-0.39, 0.29) is 6.04 Å². The number of thiophene rings is 1. The molecule has 0 aliphatic rings. The van der Waals surface area contributed by atoms with Gasteiger partial charge in [0.25, 0.3) is 0 Å². The van der Waals surface area contributed by atoms with Gasteiger partial charge in [-0.15, -0.1) is 11.3 Å². The van der Waals surface area contributed by atoms with Crippen molar-refractivity contribution in [1.29, 1.82) is 0 Å². The maximum atomic E-state index is 6.28. The van der Waals surface area contributed by atoms with Crippen LogP contribution in [0.5, 0.6) is 0 Å². The zero-order chi connectivity index (χ0) is 13.8. The van der Waals surface area contributed by atoms with E-state index in [0.29, 0.717) is 18.2 Å². The summed E-state index contributed by atoms with van der Waals surface area (Å²) < 4.78 is 8.07. The zero-order valence-corrected chi connectivity index (χ0v) is 13.8. The standard InChI is InChI=1S/C12H15BrClN3OS/c1-15-11(10-5-8(13)7-19-10)12-9(14)6-16-17(12)3-4-18-2/h5-7,11,15H,3-4H2,1-2H3. The van der Waals surface area contributed by atoms with Gasteiger partial charge in [-0.25, -0.2) is 0 Å². The summed E-state index contributed by atoms with van der Waals surface area (Å²) in [6, 6.07) is 2.12. The lowest BCUT2D eigenvalue weighted by Gasteiger charge is -2.17. The molecule has 1 atom stereocenters. The van der Waals surface area contributed by atoms with E-state index in [1.54, 1.807) is 24.6 Å². The molecule has 2 heterocycles.